The number of anilines is 1. The lowest BCUT2D eigenvalue weighted by atomic mass is 9.59. The highest BCUT2D eigenvalue weighted by Gasteiger charge is 2.48. The largest absolute Gasteiger partial charge is 0.416 e. The molecule has 1 aromatic heterocycles. The maximum atomic E-state index is 14.6. The van der Waals surface area contributed by atoms with Gasteiger partial charge in [0.25, 0.3) is 0 Å². The molecule has 40 heavy (non-hydrogen) atoms. The maximum absolute atomic E-state index is 14.6. The summed E-state index contributed by atoms with van der Waals surface area (Å²) in [4.78, 5) is 9.05. The fourth-order valence-electron chi connectivity index (χ4n) is 7.81. The van der Waals surface area contributed by atoms with E-state index in [9.17, 15) is 17.6 Å². The Hall–Kier alpha value is -2.87. The number of halogens is 4. The smallest absolute Gasteiger partial charge is 0.371 e. The molecule has 214 valence electrons. The van der Waals surface area contributed by atoms with Crippen LogP contribution in [0.1, 0.15) is 49.7 Å². The van der Waals surface area contributed by atoms with Crippen LogP contribution in [0.25, 0.3) is 0 Å². The highest BCUT2D eigenvalue weighted by atomic mass is 19.4. The Balaban J connectivity index is 1.12. The van der Waals surface area contributed by atoms with Crippen molar-refractivity contribution in [2.75, 3.05) is 37.6 Å². The van der Waals surface area contributed by atoms with Gasteiger partial charge in [0.2, 0.25) is 0 Å². The molecule has 2 aliphatic heterocycles. The standard InChI is InChI=1S/C32H38F4N4/c33-29-7-3-6-28(18-29)31(25-4-1-2-5-25,22-39-17-14-37-23-39)26-12-15-38(16-13-26)19-24-20-40(21-24)30-10-8-27(9-11-30)32(34,35)36/h3,6-11,14,17-18,23-26H,1-2,4-5,12-13,15-16,19-22H2. The van der Waals surface area contributed by atoms with Crippen LogP contribution in [0.5, 0.6) is 0 Å². The number of imidazole rings is 1. The van der Waals surface area contributed by atoms with E-state index in [0.717, 1.165) is 63.4 Å². The third-order valence-electron chi connectivity index (χ3n) is 9.80. The van der Waals surface area contributed by atoms with E-state index in [2.05, 4.69) is 25.4 Å². The molecular formula is C32H38F4N4. The molecule has 0 spiro atoms. The van der Waals surface area contributed by atoms with Crippen molar-refractivity contribution in [3.05, 3.63) is 84.2 Å². The number of rotatable bonds is 8. The molecular weight excluding hydrogens is 516 g/mol. The van der Waals surface area contributed by atoms with E-state index in [1.54, 1.807) is 24.3 Å². The maximum Gasteiger partial charge on any atom is 0.416 e. The quantitative estimate of drug-likeness (QED) is 0.280. The summed E-state index contributed by atoms with van der Waals surface area (Å²) in [7, 11) is 0. The first-order valence-electron chi connectivity index (χ1n) is 14.7. The van der Waals surface area contributed by atoms with E-state index in [0.29, 0.717) is 17.8 Å². The van der Waals surface area contributed by atoms with E-state index in [1.165, 1.54) is 37.8 Å². The number of aromatic nitrogens is 2. The molecule has 3 aliphatic rings. The van der Waals surface area contributed by atoms with E-state index >= 15 is 0 Å². The molecule has 2 saturated heterocycles. The second-order valence-electron chi connectivity index (χ2n) is 12.2. The van der Waals surface area contributed by atoms with Crippen LogP contribution >= 0.6 is 0 Å². The molecule has 8 heteroatoms. The molecule has 4 nitrogen and oxygen atoms in total. The highest BCUT2D eigenvalue weighted by Crippen LogP contribution is 2.51. The summed E-state index contributed by atoms with van der Waals surface area (Å²) < 4.78 is 55.5. The van der Waals surface area contributed by atoms with Crippen LogP contribution in [0.4, 0.5) is 23.2 Å². The van der Waals surface area contributed by atoms with Crippen molar-refractivity contribution in [1.29, 1.82) is 0 Å². The van der Waals surface area contributed by atoms with Crippen LogP contribution in [-0.2, 0) is 18.1 Å². The van der Waals surface area contributed by atoms with E-state index in [1.807, 2.05) is 24.8 Å². The van der Waals surface area contributed by atoms with Gasteiger partial charge in [-0.2, -0.15) is 13.2 Å². The molecule has 1 saturated carbocycles. The number of hydrogen-bond donors (Lipinski definition) is 0. The van der Waals surface area contributed by atoms with Gasteiger partial charge in [-0.25, -0.2) is 9.37 Å². The summed E-state index contributed by atoms with van der Waals surface area (Å²) in [6.45, 7) is 5.64. The average Bonchev–Trinajstić information content (AvgIpc) is 3.64. The Morgan fingerprint density at radius 3 is 2.17 bits per heavy atom. The molecule has 1 unspecified atom stereocenters. The molecule has 2 aromatic carbocycles. The van der Waals surface area contributed by atoms with Gasteiger partial charge in [-0.15, -0.1) is 0 Å². The average molecular weight is 555 g/mol. The molecule has 3 aromatic rings. The first-order valence-corrected chi connectivity index (χ1v) is 14.7. The minimum atomic E-state index is -4.30. The third kappa shape index (κ3) is 5.52. The van der Waals surface area contributed by atoms with Gasteiger partial charge in [0.15, 0.2) is 0 Å². The first-order chi connectivity index (χ1) is 19.3. The van der Waals surface area contributed by atoms with Crippen LogP contribution in [0.2, 0.25) is 0 Å². The number of benzene rings is 2. The zero-order chi connectivity index (χ0) is 27.7. The van der Waals surface area contributed by atoms with Crippen LogP contribution in [-0.4, -0.2) is 47.2 Å². The van der Waals surface area contributed by atoms with Crippen molar-refractivity contribution in [2.24, 2.45) is 17.8 Å². The van der Waals surface area contributed by atoms with Crippen molar-refractivity contribution in [2.45, 2.75) is 56.7 Å². The first kappa shape index (κ1) is 27.3. The minimum Gasteiger partial charge on any atom is -0.371 e. The topological polar surface area (TPSA) is 24.3 Å². The summed E-state index contributed by atoms with van der Waals surface area (Å²) >= 11 is 0. The Labute approximate surface area is 234 Å². The molecule has 1 aliphatic carbocycles. The zero-order valence-electron chi connectivity index (χ0n) is 22.9. The van der Waals surface area contributed by atoms with Gasteiger partial charge >= 0.3 is 6.18 Å². The van der Waals surface area contributed by atoms with E-state index in [-0.39, 0.29) is 11.2 Å². The SMILES string of the molecule is Fc1cccc(C(Cn2ccnc2)(C2CCCC2)C2CCN(CC3CN(c4ccc(C(F)(F)F)cc4)C3)CC2)c1. The summed E-state index contributed by atoms with van der Waals surface area (Å²) in [5, 5.41) is 0. The zero-order valence-corrected chi connectivity index (χ0v) is 22.9. The van der Waals surface area contributed by atoms with Gasteiger partial charge in [-0.05, 0) is 92.6 Å². The third-order valence-corrected chi connectivity index (χ3v) is 9.80. The van der Waals surface area contributed by atoms with Crippen molar-refractivity contribution < 1.29 is 17.6 Å². The predicted octanol–water partition coefficient (Wildman–Crippen LogP) is 7.02. The van der Waals surface area contributed by atoms with Gasteiger partial charge in [0, 0.05) is 55.6 Å². The Morgan fingerprint density at radius 2 is 1.55 bits per heavy atom. The van der Waals surface area contributed by atoms with Gasteiger partial charge < -0.3 is 14.4 Å². The second kappa shape index (κ2) is 11.2. The van der Waals surface area contributed by atoms with Crippen molar-refractivity contribution in [3.8, 4) is 0 Å². The Morgan fingerprint density at radius 1 is 0.850 bits per heavy atom. The number of likely N-dealkylation sites (tertiary alicyclic amines) is 1. The minimum absolute atomic E-state index is 0.124. The van der Waals surface area contributed by atoms with Gasteiger partial charge in [-0.1, -0.05) is 25.0 Å². The lowest BCUT2D eigenvalue weighted by Gasteiger charge is -2.50. The monoisotopic (exact) mass is 554 g/mol. The molecule has 0 amide bonds. The van der Waals surface area contributed by atoms with Crippen LogP contribution in [0, 0.1) is 23.6 Å². The molecule has 6 rings (SSSR count). The van der Waals surface area contributed by atoms with E-state index in [4.69, 9.17) is 0 Å². The van der Waals surface area contributed by atoms with Crippen LogP contribution in [0.15, 0.2) is 67.3 Å². The lowest BCUT2D eigenvalue weighted by molar-refractivity contribution is -0.137. The fraction of sp³-hybridized carbons (Fsp3) is 0.531. The molecule has 3 fully saturated rings. The Kier molecular flexibility index (Phi) is 7.64. The van der Waals surface area contributed by atoms with Crippen molar-refractivity contribution in [3.63, 3.8) is 0 Å². The predicted molar refractivity (Wildman–Crippen MR) is 149 cm³/mol. The fourth-order valence-corrected chi connectivity index (χ4v) is 7.81. The molecule has 1 atom stereocenters. The molecule has 0 N–H and O–H groups in total. The highest BCUT2D eigenvalue weighted by molar-refractivity contribution is 5.50. The Bertz CT molecular complexity index is 1240. The molecule has 0 bridgehead atoms. The summed E-state index contributed by atoms with van der Waals surface area (Å²) in [5.74, 6) is 1.34. The van der Waals surface area contributed by atoms with Crippen molar-refractivity contribution >= 4 is 5.69 Å². The van der Waals surface area contributed by atoms with Crippen LogP contribution < -0.4 is 4.90 Å². The van der Waals surface area contributed by atoms with Crippen LogP contribution in [0.3, 0.4) is 0 Å². The van der Waals surface area contributed by atoms with Crippen molar-refractivity contribution in [1.82, 2.24) is 14.5 Å². The number of alkyl halides is 3. The number of nitrogens with zero attached hydrogens (tertiary/aromatic N) is 4. The summed E-state index contributed by atoms with van der Waals surface area (Å²) in [6, 6.07) is 12.9. The normalized spacial score (nSPS) is 21.4. The van der Waals surface area contributed by atoms with Gasteiger partial charge in [0.1, 0.15) is 5.82 Å². The number of hydrogen-bond acceptors (Lipinski definition) is 3. The molecule has 0 radical (unpaired) electrons. The van der Waals surface area contributed by atoms with E-state index < -0.39 is 11.7 Å². The number of piperidine rings is 1. The molecule has 3 heterocycles. The summed E-state index contributed by atoms with van der Waals surface area (Å²) in [5.41, 5.74) is 1.27. The second-order valence-corrected chi connectivity index (χ2v) is 12.2. The lowest BCUT2D eigenvalue weighted by Crippen LogP contribution is -2.54. The van der Waals surface area contributed by atoms with Gasteiger partial charge in [0.05, 0.1) is 11.9 Å². The summed E-state index contributed by atoms with van der Waals surface area (Å²) in [6.07, 6.45) is 8.48. The van der Waals surface area contributed by atoms with Gasteiger partial charge in [-0.3, -0.25) is 0 Å².